The van der Waals surface area contributed by atoms with Crippen LogP contribution in [0.2, 0.25) is 0 Å². The number of halogens is 1. The van der Waals surface area contributed by atoms with E-state index in [1.165, 1.54) is 42.8 Å². The molecule has 1 fully saturated rings. The van der Waals surface area contributed by atoms with Gasteiger partial charge in [-0.15, -0.1) is 0 Å². The van der Waals surface area contributed by atoms with Gasteiger partial charge in [-0.05, 0) is 68.1 Å². The van der Waals surface area contributed by atoms with Crippen molar-refractivity contribution in [3.05, 3.63) is 48.3 Å². The highest BCUT2D eigenvalue weighted by Gasteiger charge is 2.34. The molecule has 0 N–H and O–H groups in total. The fourth-order valence-electron chi connectivity index (χ4n) is 4.05. The van der Waals surface area contributed by atoms with Crippen molar-refractivity contribution >= 4 is 15.7 Å². The summed E-state index contributed by atoms with van der Waals surface area (Å²) in [4.78, 5) is 2.46. The van der Waals surface area contributed by atoms with E-state index in [0.717, 1.165) is 26.1 Å². The minimum absolute atomic E-state index is 0.0657. The van der Waals surface area contributed by atoms with Crippen molar-refractivity contribution in [2.75, 3.05) is 38.2 Å². The number of sulfonamides is 1. The largest absolute Gasteiger partial charge is 0.493 e. The first-order valence-electron chi connectivity index (χ1n) is 11.0. The van der Waals surface area contributed by atoms with Gasteiger partial charge < -0.3 is 14.4 Å². The van der Waals surface area contributed by atoms with E-state index in [-0.39, 0.29) is 10.9 Å². The maximum atomic E-state index is 13.7. The third kappa shape index (κ3) is 5.53. The number of hydrogen-bond acceptors (Lipinski definition) is 5. The summed E-state index contributed by atoms with van der Waals surface area (Å²) < 4.78 is 53.1. The summed E-state index contributed by atoms with van der Waals surface area (Å²) in [5, 5.41) is 0. The molecular weight excluding hydrogens is 431 g/mol. The average Bonchev–Trinajstić information content (AvgIpc) is 2.78. The molecule has 3 rings (SSSR count). The predicted molar refractivity (Wildman–Crippen MR) is 125 cm³/mol. The Kier molecular flexibility index (Phi) is 8.00. The zero-order valence-corrected chi connectivity index (χ0v) is 20.1. The molecule has 176 valence electrons. The molecule has 0 unspecified atom stereocenters. The SMILES string of the molecule is COc1ccc(N(C2CCN(CCC(C)C)CC2)S(=O)(=O)c2ccc(F)cc2)cc1OC. The highest BCUT2D eigenvalue weighted by atomic mass is 32.2. The van der Waals surface area contributed by atoms with Crippen LogP contribution in [0.4, 0.5) is 10.1 Å². The Morgan fingerprint density at radius 3 is 2.22 bits per heavy atom. The molecule has 1 aliphatic rings. The summed E-state index contributed by atoms with van der Waals surface area (Å²) in [5.41, 5.74) is 0.507. The Balaban J connectivity index is 1.95. The van der Waals surface area contributed by atoms with Crippen LogP contribution in [-0.4, -0.2) is 53.2 Å². The maximum absolute atomic E-state index is 13.7. The minimum atomic E-state index is -3.91. The van der Waals surface area contributed by atoms with Gasteiger partial charge in [0.25, 0.3) is 10.0 Å². The monoisotopic (exact) mass is 464 g/mol. The van der Waals surface area contributed by atoms with Gasteiger partial charge in [-0.25, -0.2) is 12.8 Å². The summed E-state index contributed by atoms with van der Waals surface area (Å²) >= 11 is 0. The zero-order valence-electron chi connectivity index (χ0n) is 19.3. The lowest BCUT2D eigenvalue weighted by molar-refractivity contribution is 0.204. The highest BCUT2D eigenvalue weighted by Crippen LogP contribution is 2.36. The van der Waals surface area contributed by atoms with Crippen LogP contribution in [0, 0.1) is 11.7 Å². The molecule has 0 amide bonds. The molecule has 8 heteroatoms. The Bertz CT molecular complexity index is 988. The summed E-state index contributed by atoms with van der Waals surface area (Å²) in [6.45, 7) is 7.10. The molecule has 0 aliphatic carbocycles. The van der Waals surface area contributed by atoms with Crippen molar-refractivity contribution < 1.29 is 22.3 Å². The smallest absolute Gasteiger partial charge is 0.264 e. The Hall–Kier alpha value is -2.32. The van der Waals surface area contributed by atoms with Gasteiger partial charge in [0.1, 0.15) is 5.82 Å². The molecule has 32 heavy (non-hydrogen) atoms. The first-order chi connectivity index (χ1) is 15.3. The first kappa shape index (κ1) is 24.3. The van der Waals surface area contributed by atoms with Gasteiger partial charge in [0.2, 0.25) is 0 Å². The third-order valence-electron chi connectivity index (χ3n) is 5.90. The van der Waals surface area contributed by atoms with Crippen LogP contribution in [0.5, 0.6) is 11.5 Å². The second-order valence-electron chi connectivity index (χ2n) is 8.55. The van der Waals surface area contributed by atoms with Crippen molar-refractivity contribution in [3.63, 3.8) is 0 Å². The zero-order chi connectivity index (χ0) is 23.3. The first-order valence-corrected chi connectivity index (χ1v) is 12.4. The standard InChI is InChI=1S/C24H33FN2O4S/c1-18(2)11-14-26-15-12-20(13-16-26)27(21-7-10-23(30-3)24(17-21)31-4)32(28,29)22-8-5-19(25)6-9-22/h5-10,17-18,20H,11-16H2,1-4H3. The molecule has 2 aromatic carbocycles. The van der Waals surface area contributed by atoms with Crippen molar-refractivity contribution in [3.8, 4) is 11.5 Å². The summed E-state index contributed by atoms with van der Waals surface area (Å²) in [5.74, 6) is 1.15. The molecule has 2 aromatic rings. The predicted octanol–water partition coefficient (Wildman–Crippen LogP) is 4.55. The molecule has 0 spiro atoms. The Labute approximate surface area is 191 Å². The van der Waals surface area contributed by atoms with E-state index in [9.17, 15) is 12.8 Å². The lowest BCUT2D eigenvalue weighted by Crippen LogP contribution is -2.47. The number of piperidine rings is 1. The van der Waals surface area contributed by atoms with Crippen molar-refractivity contribution in [2.24, 2.45) is 5.92 Å². The summed E-state index contributed by atoms with van der Waals surface area (Å²) in [6, 6.07) is 9.89. The van der Waals surface area contributed by atoms with Crippen LogP contribution in [-0.2, 0) is 10.0 Å². The molecule has 1 aliphatic heterocycles. The van der Waals surface area contributed by atoms with E-state index in [0.29, 0.717) is 35.9 Å². The Morgan fingerprint density at radius 1 is 1.03 bits per heavy atom. The van der Waals surface area contributed by atoms with Gasteiger partial charge in [0, 0.05) is 25.2 Å². The highest BCUT2D eigenvalue weighted by molar-refractivity contribution is 7.92. The van der Waals surface area contributed by atoms with E-state index in [1.54, 1.807) is 18.2 Å². The molecule has 0 saturated carbocycles. The number of likely N-dealkylation sites (tertiary alicyclic amines) is 1. The van der Waals surface area contributed by atoms with Gasteiger partial charge in [-0.3, -0.25) is 4.31 Å². The fourth-order valence-corrected chi connectivity index (χ4v) is 5.75. The van der Waals surface area contributed by atoms with E-state index < -0.39 is 15.8 Å². The van der Waals surface area contributed by atoms with Gasteiger partial charge in [-0.1, -0.05) is 13.8 Å². The van der Waals surface area contributed by atoms with Gasteiger partial charge in [0.15, 0.2) is 11.5 Å². The topological polar surface area (TPSA) is 59.1 Å². The summed E-state index contributed by atoms with van der Waals surface area (Å²) in [7, 11) is -0.846. The molecule has 0 bridgehead atoms. The van der Waals surface area contributed by atoms with Crippen LogP contribution in [0.1, 0.15) is 33.1 Å². The lowest BCUT2D eigenvalue weighted by Gasteiger charge is -2.39. The third-order valence-corrected chi connectivity index (χ3v) is 7.80. The Morgan fingerprint density at radius 2 is 1.66 bits per heavy atom. The van der Waals surface area contributed by atoms with Crippen LogP contribution < -0.4 is 13.8 Å². The van der Waals surface area contributed by atoms with E-state index in [4.69, 9.17) is 9.47 Å². The number of benzene rings is 2. The molecule has 0 radical (unpaired) electrons. The van der Waals surface area contributed by atoms with Gasteiger partial charge >= 0.3 is 0 Å². The quantitative estimate of drug-likeness (QED) is 0.545. The fraction of sp³-hybridized carbons (Fsp3) is 0.500. The van der Waals surface area contributed by atoms with Crippen molar-refractivity contribution in [2.45, 2.75) is 44.0 Å². The second kappa shape index (κ2) is 10.5. The number of anilines is 1. The van der Waals surface area contributed by atoms with E-state index in [1.807, 2.05) is 0 Å². The second-order valence-corrected chi connectivity index (χ2v) is 10.4. The van der Waals surface area contributed by atoms with Gasteiger partial charge in [0.05, 0.1) is 24.8 Å². The molecule has 0 aromatic heterocycles. The normalized spacial score (nSPS) is 15.7. The average molecular weight is 465 g/mol. The number of hydrogen-bond donors (Lipinski definition) is 0. The summed E-state index contributed by atoms with van der Waals surface area (Å²) in [6.07, 6.45) is 2.55. The number of methoxy groups -OCH3 is 2. The molecule has 1 heterocycles. The van der Waals surface area contributed by atoms with Gasteiger partial charge in [-0.2, -0.15) is 0 Å². The molecule has 6 nitrogen and oxygen atoms in total. The number of rotatable bonds is 9. The number of ether oxygens (including phenoxy) is 2. The van der Waals surface area contributed by atoms with Crippen molar-refractivity contribution in [1.29, 1.82) is 0 Å². The molecule has 0 atom stereocenters. The van der Waals surface area contributed by atoms with Crippen LogP contribution in [0.3, 0.4) is 0 Å². The lowest BCUT2D eigenvalue weighted by atomic mass is 10.0. The van der Waals surface area contributed by atoms with E-state index >= 15 is 0 Å². The number of nitrogens with zero attached hydrogens (tertiary/aromatic N) is 2. The maximum Gasteiger partial charge on any atom is 0.264 e. The molecule has 1 saturated heterocycles. The minimum Gasteiger partial charge on any atom is -0.493 e. The van der Waals surface area contributed by atoms with Crippen LogP contribution in [0.25, 0.3) is 0 Å². The van der Waals surface area contributed by atoms with Crippen molar-refractivity contribution in [1.82, 2.24) is 4.90 Å². The van der Waals surface area contributed by atoms with Crippen LogP contribution in [0.15, 0.2) is 47.4 Å². The van der Waals surface area contributed by atoms with E-state index in [2.05, 4.69) is 18.7 Å². The molecular formula is C24H33FN2O4S. The van der Waals surface area contributed by atoms with Crippen LogP contribution >= 0.6 is 0 Å².